The third-order valence-corrected chi connectivity index (χ3v) is 6.91. The minimum absolute atomic E-state index is 0.182. The number of hydrogen-bond acceptors (Lipinski definition) is 6. The van der Waals surface area contributed by atoms with Crippen molar-refractivity contribution in [1.29, 1.82) is 0 Å². The van der Waals surface area contributed by atoms with E-state index in [4.69, 9.17) is 4.18 Å². The molecule has 3 aromatic rings. The lowest BCUT2D eigenvalue weighted by Gasteiger charge is -2.35. The van der Waals surface area contributed by atoms with Gasteiger partial charge in [0.05, 0.1) is 11.4 Å². The SMILES string of the molecule is Cc1ccc(-c2cc(C(F)(F)F)nn2-c2ccc(S(=O)(=O)OC(=O)N(CCN(C)C)C(C)(C)C)cc2)cc1. The van der Waals surface area contributed by atoms with Gasteiger partial charge in [0.25, 0.3) is 0 Å². The maximum atomic E-state index is 13.5. The molecule has 12 heteroatoms. The first-order valence-electron chi connectivity index (χ1n) is 11.7. The smallest absolute Gasteiger partial charge is 0.324 e. The van der Waals surface area contributed by atoms with E-state index >= 15 is 0 Å². The number of amides is 1. The third kappa shape index (κ3) is 6.93. The Balaban J connectivity index is 1.92. The van der Waals surface area contributed by atoms with Gasteiger partial charge < -0.3 is 14.0 Å². The maximum absolute atomic E-state index is 13.5. The molecule has 3 rings (SSSR count). The maximum Gasteiger partial charge on any atom is 0.435 e. The van der Waals surface area contributed by atoms with Crippen LogP contribution in [0.4, 0.5) is 18.0 Å². The first-order chi connectivity index (χ1) is 17.5. The molecule has 206 valence electrons. The summed E-state index contributed by atoms with van der Waals surface area (Å²) >= 11 is 0. The predicted molar refractivity (Wildman–Crippen MR) is 137 cm³/mol. The number of aryl methyl sites for hydroxylation is 1. The van der Waals surface area contributed by atoms with Crippen LogP contribution in [0.5, 0.6) is 0 Å². The lowest BCUT2D eigenvalue weighted by Crippen LogP contribution is -2.49. The van der Waals surface area contributed by atoms with Crippen molar-refractivity contribution in [3.05, 3.63) is 65.9 Å². The van der Waals surface area contributed by atoms with Gasteiger partial charge in [0.2, 0.25) is 0 Å². The van der Waals surface area contributed by atoms with Gasteiger partial charge in [0.1, 0.15) is 4.90 Å². The third-order valence-electron chi connectivity index (χ3n) is 5.70. The van der Waals surface area contributed by atoms with Crippen molar-refractivity contribution in [2.45, 2.75) is 44.3 Å². The van der Waals surface area contributed by atoms with Crippen molar-refractivity contribution in [2.24, 2.45) is 0 Å². The summed E-state index contributed by atoms with van der Waals surface area (Å²) in [4.78, 5) is 15.6. The minimum Gasteiger partial charge on any atom is -0.324 e. The van der Waals surface area contributed by atoms with E-state index in [0.29, 0.717) is 12.1 Å². The number of carbonyl (C=O) groups is 1. The number of nitrogens with zero attached hydrogens (tertiary/aromatic N) is 4. The zero-order valence-corrected chi connectivity index (χ0v) is 22.9. The Morgan fingerprint density at radius 3 is 2.05 bits per heavy atom. The molecule has 38 heavy (non-hydrogen) atoms. The molecule has 2 aromatic carbocycles. The lowest BCUT2D eigenvalue weighted by atomic mass is 10.1. The van der Waals surface area contributed by atoms with E-state index in [0.717, 1.165) is 28.4 Å². The molecular weight excluding hydrogens is 521 g/mol. The number of carbonyl (C=O) groups excluding carboxylic acids is 1. The Bertz CT molecular complexity index is 1380. The summed E-state index contributed by atoms with van der Waals surface area (Å²) in [6.07, 6.45) is -5.69. The number of aromatic nitrogens is 2. The predicted octanol–water partition coefficient (Wildman–Crippen LogP) is 5.35. The first kappa shape index (κ1) is 29.2. The van der Waals surface area contributed by atoms with Crippen LogP contribution in [0.25, 0.3) is 16.9 Å². The summed E-state index contributed by atoms with van der Waals surface area (Å²) in [6, 6.07) is 12.8. The zero-order valence-electron chi connectivity index (χ0n) is 22.1. The molecule has 0 radical (unpaired) electrons. The van der Waals surface area contributed by atoms with E-state index in [2.05, 4.69) is 5.10 Å². The average Bonchev–Trinajstić information content (AvgIpc) is 3.24. The minimum atomic E-state index is -4.67. The molecule has 0 aliphatic heterocycles. The molecule has 0 bridgehead atoms. The van der Waals surface area contributed by atoms with Gasteiger partial charge in [-0.25, -0.2) is 9.48 Å². The average molecular weight is 553 g/mol. The molecule has 0 saturated carbocycles. The Labute approximate surface area is 220 Å². The summed E-state index contributed by atoms with van der Waals surface area (Å²) in [7, 11) is -0.851. The van der Waals surface area contributed by atoms with Crippen molar-refractivity contribution in [1.82, 2.24) is 19.6 Å². The summed E-state index contributed by atoms with van der Waals surface area (Å²) in [6.45, 7) is 7.88. The van der Waals surface area contributed by atoms with Crippen LogP contribution < -0.4 is 0 Å². The van der Waals surface area contributed by atoms with E-state index in [1.165, 1.54) is 17.0 Å². The molecule has 1 heterocycles. The second-order valence-electron chi connectivity index (χ2n) is 10.1. The summed E-state index contributed by atoms with van der Waals surface area (Å²) in [5.41, 5.74) is 0.0362. The van der Waals surface area contributed by atoms with Crippen molar-refractivity contribution in [2.75, 3.05) is 27.2 Å². The van der Waals surface area contributed by atoms with E-state index in [1.807, 2.05) is 25.9 Å². The highest BCUT2D eigenvalue weighted by Crippen LogP contribution is 2.33. The van der Waals surface area contributed by atoms with Crippen LogP contribution in [0, 0.1) is 6.92 Å². The van der Waals surface area contributed by atoms with Gasteiger partial charge in [0, 0.05) is 24.2 Å². The molecule has 0 saturated heterocycles. The Kier molecular flexibility index (Phi) is 8.27. The highest BCUT2D eigenvalue weighted by atomic mass is 32.2. The monoisotopic (exact) mass is 552 g/mol. The fraction of sp³-hybridized carbons (Fsp3) is 0.385. The molecule has 0 aliphatic rings. The second-order valence-corrected chi connectivity index (χ2v) is 11.7. The molecule has 1 aromatic heterocycles. The summed E-state index contributed by atoms with van der Waals surface area (Å²) in [5, 5.41) is 3.72. The van der Waals surface area contributed by atoms with Gasteiger partial charge in [-0.05, 0) is 72.1 Å². The lowest BCUT2D eigenvalue weighted by molar-refractivity contribution is -0.141. The molecule has 1 amide bonds. The van der Waals surface area contributed by atoms with Crippen molar-refractivity contribution >= 4 is 16.2 Å². The van der Waals surface area contributed by atoms with Crippen LogP contribution in [0.3, 0.4) is 0 Å². The number of halogens is 3. The van der Waals surface area contributed by atoms with E-state index < -0.39 is 33.6 Å². The highest BCUT2D eigenvalue weighted by Gasteiger charge is 2.35. The zero-order chi connectivity index (χ0) is 28.5. The molecule has 0 N–H and O–H groups in total. The molecule has 0 spiro atoms. The van der Waals surface area contributed by atoms with E-state index in [-0.39, 0.29) is 22.8 Å². The topological polar surface area (TPSA) is 84.7 Å². The van der Waals surface area contributed by atoms with Crippen LogP contribution in [0.15, 0.2) is 59.5 Å². The van der Waals surface area contributed by atoms with Crippen molar-refractivity contribution in [3.63, 3.8) is 0 Å². The van der Waals surface area contributed by atoms with Gasteiger partial charge in [-0.1, -0.05) is 29.8 Å². The number of benzene rings is 2. The molecular formula is C26H31F3N4O4S. The quantitative estimate of drug-likeness (QED) is 0.367. The fourth-order valence-electron chi connectivity index (χ4n) is 3.59. The van der Waals surface area contributed by atoms with E-state index in [9.17, 15) is 26.4 Å². The number of alkyl halides is 3. The fourth-order valence-corrected chi connectivity index (χ4v) is 4.43. The molecule has 0 unspecified atom stereocenters. The largest absolute Gasteiger partial charge is 0.435 e. The summed E-state index contributed by atoms with van der Waals surface area (Å²) in [5.74, 6) is 0. The molecule has 0 atom stereocenters. The van der Waals surface area contributed by atoms with Crippen LogP contribution in [-0.2, 0) is 20.5 Å². The van der Waals surface area contributed by atoms with Crippen LogP contribution >= 0.6 is 0 Å². The number of likely N-dealkylation sites (N-methyl/N-ethyl adjacent to an activating group) is 1. The Hall–Kier alpha value is -3.38. The van der Waals surface area contributed by atoms with Gasteiger partial charge in [-0.3, -0.25) is 0 Å². The number of hydrogen-bond donors (Lipinski definition) is 0. The van der Waals surface area contributed by atoms with Gasteiger partial charge in [-0.2, -0.15) is 26.7 Å². The molecule has 0 fully saturated rings. The van der Waals surface area contributed by atoms with Crippen LogP contribution in [0.1, 0.15) is 32.0 Å². The molecule has 0 aliphatic carbocycles. The standard InChI is InChI=1S/C26H31F3N4O4S/c1-18-7-9-19(10-8-18)22-17-23(26(27,28)29)30-33(22)20-11-13-21(14-12-20)38(35,36)37-24(34)32(25(2,3)4)16-15-31(5)6/h7-14,17H,15-16H2,1-6H3. The number of rotatable bonds is 7. The summed E-state index contributed by atoms with van der Waals surface area (Å²) < 4.78 is 72.1. The Morgan fingerprint density at radius 2 is 1.55 bits per heavy atom. The van der Waals surface area contributed by atoms with Gasteiger partial charge >= 0.3 is 22.4 Å². The van der Waals surface area contributed by atoms with Crippen molar-refractivity contribution in [3.8, 4) is 16.9 Å². The Morgan fingerprint density at radius 1 is 0.974 bits per heavy atom. The van der Waals surface area contributed by atoms with E-state index in [1.54, 1.807) is 45.0 Å². The van der Waals surface area contributed by atoms with Crippen LogP contribution in [-0.4, -0.2) is 66.8 Å². The molecule has 8 nitrogen and oxygen atoms in total. The van der Waals surface area contributed by atoms with Crippen molar-refractivity contribution < 1.29 is 30.6 Å². The second kappa shape index (κ2) is 10.8. The van der Waals surface area contributed by atoms with Gasteiger partial charge in [-0.15, -0.1) is 0 Å². The van der Waals surface area contributed by atoms with Crippen LogP contribution in [0.2, 0.25) is 0 Å². The first-order valence-corrected chi connectivity index (χ1v) is 13.2. The highest BCUT2D eigenvalue weighted by molar-refractivity contribution is 7.87. The van der Waals surface area contributed by atoms with Gasteiger partial charge in [0.15, 0.2) is 5.69 Å². The normalized spacial score (nSPS) is 12.6.